The van der Waals surface area contributed by atoms with Crippen molar-refractivity contribution in [2.75, 3.05) is 13.1 Å². The molecule has 2 aromatic heterocycles. The van der Waals surface area contributed by atoms with Crippen molar-refractivity contribution in [1.82, 2.24) is 14.3 Å². The van der Waals surface area contributed by atoms with E-state index in [1.165, 1.54) is 18.5 Å². The topological polar surface area (TPSA) is 46.6 Å². The standard InChI is InChI=1S/C13H18N4S2/c1-8-7-19-13-15-9(2)10(17(8)13)11(12(14)18)16-5-3-4-6-16/h7,11H,3-6H2,1-2H3,(H2,14,18). The van der Waals surface area contributed by atoms with Crippen LogP contribution in [0.1, 0.15) is 36.0 Å². The Bertz CT molecular complexity index is 622. The third-order valence-corrected chi connectivity index (χ3v) is 4.96. The van der Waals surface area contributed by atoms with Gasteiger partial charge in [0, 0.05) is 11.1 Å². The molecule has 4 nitrogen and oxygen atoms in total. The van der Waals surface area contributed by atoms with Gasteiger partial charge >= 0.3 is 0 Å². The summed E-state index contributed by atoms with van der Waals surface area (Å²) in [5.41, 5.74) is 9.44. The molecule has 0 aliphatic carbocycles. The molecule has 19 heavy (non-hydrogen) atoms. The van der Waals surface area contributed by atoms with Crippen molar-refractivity contribution >= 4 is 33.5 Å². The number of imidazole rings is 1. The average molecular weight is 294 g/mol. The number of hydrogen-bond donors (Lipinski definition) is 1. The lowest BCUT2D eigenvalue weighted by Crippen LogP contribution is -2.36. The molecule has 0 spiro atoms. The van der Waals surface area contributed by atoms with Crippen molar-refractivity contribution in [3.8, 4) is 0 Å². The Balaban J connectivity index is 2.16. The van der Waals surface area contributed by atoms with Crippen LogP contribution in [-0.4, -0.2) is 32.4 Å². The molecule has 3 rings (SSSR count). The second-order valence-electron chi connectivity index (χ2n) is 5.13. The highest BCUT2D eigenvalue weighted by Crippen LogP contribution is 2.31. The van der Waals surface area contributed by atoms with Gasteiger partial charge in [-0.25, -0.2) is 4.98 Å². The van der Waals surface area contributed by atoms with Crippen LogP contribution < -0.4 is 5.73 Å². The summed E-state index contributed by atoms with van der Waals surface area (Å²) in [6.07, 6.45) is 2.45. The first-order valence-electron chi connectivity index (χ1n) is 6.56. The molecule has 0 aromatic carbocycles. The van der Waals surface area contributed by atoms with Gasteiger partial charge in [-0.1, -0.05) is 12.2 Å². The highest BCUT2D eigenvalue weighted by Gasteiger charge is 2.30. The summed E-state index contributed by atoms with van der Waals surface area (Å²) >= 11 is 7.01. The fourth-order valence-corrected chi connectivity index (χ4v) is 4.11. The molecular weight excluding hydrogens is 276 g/mol. The molecule has 3 heterocycles. The molecule has 1 unspecified atom stereocenters. The third kappa shape index (κ3) is 2.07. The number of likely N-dealkylation sites (tertiary alicyclic amines) is 1. The molecule has 2 aromatic rings. The number of fused-ring (bicyclic) bond motifs is 1. The number of aryl methyl sites for hydroxylation is 2. The van der Waals surface area contributed by atoms with E-state index in [0.717, 1.165) is 29.4 Å². The summed E-state index contributed by atoms with van der Waals surface area (Å²) < 4.78 is 2.21. The van der Waals surface area contributed by atoms with Crippen LogP contribution in [0.25, 0.3) is 4.96 Å². The highest BCUT2D eigenvalue weighted by molar-refractivity contribution is 7.80. The van der Waals surface area contributed by atoms with Crippen LogP contribution in [-0.2, 0) is 0 Å². The van der Waals surface area contributed by atoms with Crippen LogP contribution in [0.3, 0.4) is 0 Å². The Morgan fingerprint density at radius 1 is 1.42 bits per heavy atom. The molecule has 0 amide bonds. The number of thiazole rings is 1. The number of nitrogens with two attached hydrogens (primary N) is 1. The van der Waals surface area contributed by atoms with E-state index in [2.05, 4.69) is 33.5 Å². The predicted octanol–water partition coefficient (Wildman–Crippen LogP) is 2.44. The van der Waals surface area contributed by atoms with Crippen LogP contribution >= 0.6 is 23.6 Å². The molecule has 6 heteroatoms. The first-order valence-corrected chi connectivity index (χ1v) is 7.85. The third-order valence-electron chi connectivity index (χ3n) is 3.79. The molecule has 1 saturated heterocycles. The number of rotatable bonds is 3. The van der Waals surface area contributed by atoms with Crippen LogP contribution in [0.4, 0.5) is 0 Å². The second-order valence-corrected chi connectivity index (χ2v) is 6.43. The van der Waals surface area contributed by atoms with E-state index in [0.29, 0.717) is 4.99 Å². The number of thiocarbonyl (C=S) groups is 1. The van der Waals surface area contributed by atoms with Gasteiger partial charge in [0.05, 0.1) is 16.4 Å². The van der Waals surface area contributed by atoms with Gasteiger partial charge in [0.2, 0.25) is 0 Å². The van der Waals surface area contributed by atoms with E-state index in [9.17, 15) is 0 Å². The van der Waals surface area contributed by atoms with Crippen molar-refractivity contribution in [1.29, 1.82) is 0 Å². The van der Waals surface area contributed by atoms with Gasteiger partial charge in [-0.15, -0.1) is 11.3 Å². The highest BCUT2D eigenvalue weighted by atomic mass is 32.1. The number of aromatic nitrogens is 2. The van der Waals surface area contributed by atoms with Crippen LogP contribution in [0.5, 0.6) is 0 Å². The van der Waals surface area contributed by atoms with E-state index in [4.69, 9.17) is 18.0 Å². The lowest BCUT2D eigenvalue weighted by atomic mass is 10.1. The lowest BCUT2D eigenvalue weighted by molar-refractivity contribution is 0.298. The van der Waals surface area contributed by atoms with Gasteiger partial charge in [-0.2, -0.15) is 0 Å². The fourth-order valence-electron chi connectivity index (χ4n) is 2.93. The summed E-state index contributed by atoms with van der Waals surface area (Å²) in [5.74, 6) is 0. The van der Waals surface area contributed by atoms with E-state index in [-0.39, 0.29) is 6.04 Å². The monoisotopic (exact) mass is 294 g/mol. The zero-order valence-corrected chi connectivity index (χ0v) is 12.9. The van der Waals surface area contributed by atoms with E-state index in [1.807, 2.05) is 0 Å². The fraction of sp³-hybridized carbons (Fsp3) is 0.538. The normalized spacial score (nSPS) is 18.2. The predicted molar refractivity (Wildman–Crippen MR) is 82.9 cm³/mol. The van der Waals surface area contributed by atoms with Gasteiger partial charge in [0.25, 0.3) is 0 Å². The quantitative estimate of drug-likeness (QED) is 0.883. The van der Waals surface area contributed by atoms with E-state index in [1.54, 1.807) is 11.3 Å². The first-order chi connectivity index (χ1) is 9.09. The van der Waals surface area contributed by atoms with E-state index >= 15 is 0 Å². The zero-order chi connectivity index (χ0) is 13.6. The smallest absolute Gasteiger partial charge is 0.194 e. The Morgan fingerprint density at radius 3 is 2.74 bits per heavy atom. The second kappa shape index (κ2) is 4.85. The van der Waals surface area contributed by atoms with Gasteiger partial charge in [0.15, 0.2) is 4.96 Å². The Labute approximate surface area is 122 Å². The van der Waals surface area contributed by atoms with Gasteiger partial charge < -0.3 is 5.73 Å². The maximum atomic E-state index is 6.04. The maximum absolute atomic E-state index is 6.04. The van der Waals surface area contributed by atoms with Gasteiger partial charge in [-0.05, 0) is 39.8 Å². The van der Waals surface area contributed by atoms with Crippen molar-refractivity contribution in [2.24, 2.45) is 5.73 Å². The Hall–Kier alpha value is -0.980. The molecule has 1 aliphatic heterocycles. The van der Waals surface area contributed by atoms with Crippen LogP contribution in [0.2, 0.25) is 0 Å². The molecule has 1 aliphatic rings. The Morgan fingerprint density at radius 2 is 2.11 bits per heavy atom. The SMILES string of the molecule is Cc1nc2scc(C)n2c1C(C(N)=S)N1CCCC1. The molecular formula is C13H18N4S2. The zero-order valence-electron chi connectivity index (χ0n) is 11.2. The van der Waals surface area contributed by atoms with Gasteiger partial charge in [0.1, 0.15) is 6.04 Å². The lowest BCUT2D eigenvalue weighted by Gasteiger charge is -2.26. The van der Waals surface area contributed by atoms with Crippen molar-refractivity contribution in [3.05, 3.63) is 22.5 Å². The van der Waals surface area contributed by atoms with Crippen LogP contribution in [0, 0.1) is 13.8 Å². The van der Waals surface area contributed by atoms with Crippen molar-refractivity contribution in [2.45, 2.75) is 32.7 Å². The average Bonchev–Trinajstić information content (AvgIpc) is 3.02. The summed E-state index contributed by atoms with van der Waals surface area (Å²) in [5, 5.41) is 2.13. The number of nitrogens with zero attached hydrogens (tertiary/aromatic N) is 3. The first kappa shape index (κ1) is 13.0. The summed E-state index contributed by atoms with van der Waals surface area (Å²) in [7, 11) is 0. The minimum absolute atomic E-state index is 0.0146. The largest absolute Gasteiger partial charge is 0.392 e. The van der Waals surface area contributed by atoms with E-state index < -0.39 is 0 Å². The molecule has 2 N–H and O–H groups in total. The molecule has 102 valence electrons. The minimum Gasteiger partial charge on any atom is -0.392 e. The van der Waals surface area contributed by atoms with Crippen LogP contribution in [0.15, 0.2) is 5.38 Å². The number of hydrogen-bond acceptors (Lipinski definition) is 4. The minimum atomic E-state index is 0.0146. The molecule has 0 bridgehead atoms. The maximum Gasteiger partial charge on any atom is 0.194 e. The summed E-state index contributed by atoms with van der Waals surface area (Å²) in [6.45, 7) is 6.29. The van der Waals surface area contributed by atoms with Crippen molar-refractivity contribution in [3.63, 3.8) is 0 Å². The molecule has 0 saturated carbocycles. The van der Waals surface area contributed by atoms with Gasteiger partial charge in [-0.3, -0.25) is 9.30 Å². The molecule has 1 atom stereocenters. The molecule has 1 fully saturated rings. The molecule has 0 radical (unpaired) electrons. The Kier molecular flexibility index (Phi) is 3.32. The summed E-state index contributed by atoms with van der Waals surface area (Å²) in [6, 6.07) is 0.0146. The summed E-state index contributed by atoms with van der Waals surface area (Å²) in [4.78, 5) is 8.62. The van der Waals surface area contributed by atoms with Crippen molar-refractivity contribution < 1.29 is 0 Å².